The van der Waals surface area contributed by atoms with Gasteiger partial charge in [0.25, 0.3) is 0 Å². The first-order valence-corrected chi connectivity index (χ1v) is 3.91. The predicted octanol–water partition coefficient (Wildman–Crippen LogP) is 1.80. The van der Waals surface area contributed by atoms with Crippen molar-refractivity contribution in [2.24, 2.45) is 0 Å². The molecule has 7 heteroatoms. The Balaban J connectivity index is 2.84. The highest BCUT2D eigenvalue weighted by Crippen LogP contribution is 2.28. The lowest BCUT2D eigenvalue weighted by Gasteiger charge is -2.12. The molecule has 15 heavy (non-hydrogen) atoms. The second-order valence-corrected chi connectivity index (χ2v) is 2.70. The van der Waals surface area contributed by atoms with Crippen molar-refractivity contribution in [3.05, 3.63) is 23.8 Å². The van der Waals surface area contributed by atoms with Crippen LogP contribution in [0, 0.1) is 6.92 Å². The van der Waals surface area contributed by atoms with Crippen LogP contribution in [0.5, 0.6) is 11.5 Å². The van der Waals surface area contributed by atoms with Gasteiger partial charge in [-0.15, -0.1) is 13.2 Å². The van der Waals surface area contributed by atoms with Gasteiger partial charge in [0.1, 0.15) is 11.5 Å². The lowest BCUT2D eigenvalue weighted by molar-refractivity contribution is -0.274. The molecule has 0 aliphatic rings. The summed E-state index contributed by atoms with van der Waals surface area (Å²) < 4.78 is 43.9. The third kappa shape index (κ3) is 3.71. The van der Waals surface area contributed by atoms with Crippen LogP contribution >= 0.6 is 0 Å². The minimum Gasteiger partial charge on any atom is -0.537 e. The molecule has 0 saturated carbocycles. The molecule has 0 aliphatic heterocycles. The molecular formula is C8H7BF3O3. The van der Waals surface area contributed by atoms with Gasteiger partial charge in [0.05, 0.1) is 0 Å². The highest BCUT2D eigenvalue weighted by Gasteiger charge is 2.31. The van der Waals surface area contributed by atoms with Crippen molar-refractivity contribution in [3.63, 3.8) is 0 Å². The number of hydrogen-bond acceptors (Lipinski definition) is 3. The molecule has 0 amide bonds. The zero-order valence-corrected chi connectivity index (χ0v) is 7.71. The molecule has 1 aromatic carbocycles. The number of ether oxygens (including phenoxy) is 1. The third-order valence-corrected chi connectivity index (χ3v) is 1.56. The van der Waals surface area contributed by atoms with Crippen molar-refractivity contribution < 1.29 is 27.6 Å². The molecular weight excluding hydrogens is 212 g/mol. The molecule has 3 nitrogen and oxygen atoms in total. The van der Waals surface area contributed by atoms with Crippen molar-refractivity contribution in [2.75, 3.05) is 0 Å². The van der Waals surface area contributed by atoms with E-state index in [-0.39, 0.29) is 17.1 Å². The molecule has 0 saturated heterocycles. The Bertz CT molecular complexity index is 340. The van der Waals surface area contributed by atoms with Gasteiger partial charge in [0, 0.05) is 0 Å². The first kappa shape index (κ1) is 11.7. The number of benzene rings is 1. The van der Waals surface area contributed by atoms with E-state index in [1.165, 1.54) is 19.1 Å². The summed E-state index contributed by atoms with van der Waals surface area (Å²) in [6.07, 6.45) is -4.71. The fourth-order valence-electron chi connectivity index (χ4n) is 0.995. The maximum absolute atomic E-state index is 11.9. The van der Waals surface area contributed by atoms with Crippen LogP contribution in [0.4, 0.5) is 13.2 Å². The summed E-state index contributed by atoms with van der Waals surface area (Å²) in [6, 6.07) is 3.68. The average Bonchev–Trinajstić information content (AvgIpc) is 2.08. The molecule has 1 N–H and O–H groups in total. The number of alkyl halides is 3. The van der Waals surface area contributed by atoms with E-state index in [0.29, 0.717) is 7.69 Å². The Kier molecular flexibility index (Phi) is 3.46. The molecule has 0 atom stereocenters. The van der Waals surface area contributed by atoms with E-state index in [2.05, 4.69) is 9.39 Å². The summed E-state index contributed by atoms with van der Waals surface area (Å²) in [5.41, 5.74) is 0.256. The summed E-state index contributed by atoms with van der Waals surface area (Å²) in [4.78, 5) is 0. The van der Waals surface area contributed by atoms with Gasteiger partial charge in [-0.25, -0.2) is 0 Å². The van der Waals surface area contributed by atoms with E-state index in [0.717, 1.165) is 6.07 Å². The monoisotopic (exact) mass is 219 g/mol. The highest BCUT2D eigenvalue weighted by atomic mass is 19.4. The number of rotatable bonds is 3. The van der Waals surface area contributed by atoms with E-state index in [1.54, 1.807) is 0 Å². The van der Waals surface area contributed by atoms with Gasteiger partial charge in [-0.2, -0.15) is 0 Å². The number of aryl methyl sites for hydroxylation is 1. The maximum atomic E-state index is 11.9. The Morgan fingerprint density at radius 3 is 2.47 bits per heavy atom. The first-order chi connectivity index (χ1) is 6.92. The van der Waals surface area contributed by atoms with Gasteiger partial charge >= 0.3 is 14.0 Å². The fourth-order valence-corrected chi connectivity index (χ4v) is 0.995. The zero-order valence-electron chi connectivity index (χ0n) is 7.71. The summed E-state index contributed by atoms with van der Waals surface area (Å²) >= 11 is 0. The average molecular weight is 219 g/mol. The van der Waals surface area contributed by atoms with E-state index < -0.39 is 6.36 Å². The van der Waals surface area contributed by atoms with Gasteiger partial charge in [-0.3, -0.25) is 0 Å². The van der Waals surface area contributed by atoms with Crippen molar-refractivity contribution in [1.29, 1.82) is 0 Å². The van der Waals surface area contributed by atoms with Crippen LogP contribution in [0.1, 0.15) is 5.56 Å². The zero-order chi connectivity index (χ0) is 11.5. The lowest BCUT2D eigenvalue weighted by Crippen LogP contribution is -2.17. The molecule has 0 bridgehead atoms. The van der Waals surface area contributed by atoms with Gasteiger partial charge in [0.15, 0.2) is 0 Å². The largest absolute Gasteiger partial charge is 0.573 e. The summed E-state index contributed by atoms with van der Waals surface area (Å²) in [7, 11) is 0.444. The van der Waals surface area contributed by atoms with E-state index in [9.17, 15) is 13.2 Å². The summed E-state index contributed by atoms with van der Waals surface area (Å²) in [5, 5.41) is 8.31. The van der Waals surface area contributed by atoms with Crippen molar-refractivity contribution in [1.82, 2.24) is 0 Å². The van der Waals surface area contributed by atoms with Crippen LogP contribution in [-0.4, -0.2) is 19.1 Å². The quantitative estimate of drug-likeness (QED) is 0.787. The molecule has 0 aliphatic carbocycles. The smallest absolute Gasteiger partial charge is 0.537 e. The minimum atomic E-state index is -4.71. The Morgan fingerprint density at radius 1 is 1.33 bits per heavy atom. The molecule has 1 radical (unpaired) electrons. The molecule has 1 rings (SSSR count). The minimum absolute atomic E-state index is 0.226. The molecule has 1 aromatic rings. The molecule has 0 heterocycles. The molecule has 0 fully saturated rings. The van der Waals surface area contributed by atoms with Crippen LogP contribution in [0.2, 0.25) is 0 Å². The fraction of sp³-hybridized carbons (Fsp3) is 0.250. The summed E-state index contributed by atoms with van der Waals surface area (Å²) in [5.74, 6) is -0.0719. The van der Waals surface area contributed by atoms with E-state index >= 15 is 0 Å². The predicted molar refractivity (Wildman–Crippen MR) is 46.5 cm³/mol. The summed E-state index contributed by atoms with van der Waals surface area (Å²) in [6.45, 7) is 1.44. The van der Waals surface area contributed by atoms with Gasteiger partial charge in [-0.05, 0) is 30.7 Å². The van der Waals surface area contributed by atoms with Crippen LogP contribution in [-0.2, 0) is 0 Å². The highest BCUT2D eigenvalue weighted by molar-refractivity contribution is 6.17. The normalized spacial score (nSPS) is 11.0. The van der Waals surface area contributed by atoms with Crippen molar-refractivity contribution >= 4 is 7.69 Å². The van der Waals surface area contributed by atoms with Crippen LogP contribution in [0.15, 0.2) is 18.2 Å². The Labute approximate surface area is 84.7 Å². The van der Waals surface area contributed by atoms with E-state index in [1.807, 2.05) is 0 Å². The van der Waals surface area contributed by atoms with Gasteiger partial charge in [-0.1, -0.05) is 0 Å². The van der Waals surface area contributed by atoms with Crippen molar-refractivity contribution in [3.8, 4) is 11.5 Å². The van der Waals surface area contributed by atoms with Gasteiger partial charge in [0.2, 0.25) is 0 Å². The third-order valence-electron chi connectivity index (χ3n) is 1.56. The van der Waals surface area contributed by atoms with Crippen LogP contribution in [0.25, 0.3) is 0 Å². The van der Waals surface area contributed by atoms with E-state index in [4.69, 9.17) is 5.02 Å². The molecule has 81 valence electrons. The SMILES string of the molecule is Cc1cc(O[B]O)ccc1OC(F)(F)F. The molecule has 0 aromatic heterocycles. The van der Waals surface area contributed by atoms with Crippen LogP contribution < -0.4 is 9.39 Å². The van der Waals surface area contributed by atoms with Crippen LogP contribution in [0.3, 0.4) is 0 Å². The number of hydrogen-bond donors (Lipinski definition) is 1. The first-order valence-electron chi connectivity index (χ1n) is 3.91. The Hall–Kier alpha value is -1.37. The van der Waals surface area contributed by atoms with Crippen molar-refractivity contribution in [2.45, 2.75) is 13.3 Å². The van der Waals surface area contributed by atoms with Gasteiger partial charge < -0.3 is 14.4 Å². The second kappa shape index (κ2) is 4.44. The number of halogens is 3. The molecule has 0 unspecified atom stereocenters. The Morgan fingerprint density at radius 2 is 2.00 bits per heavy atom. The maximum Gasteiger partial charge on any atom is 0.573 e. The lowest BCUT2D eigenvalue weighted by atomic mass is 10.2. The second-order valence-electron chi connectivity index (χ2n) is 2.70. The standard InChI is InChI=1S/C8H7BF3O3/c1-5-4-6(15-9-13)2-3-7(5)14-8(10,11)12/h2-4,13H,1H3. The topological polar surface area (TPSA) is 38.7 Å². The molecule has 0 spiro atoms.